The summed E-state index contributed by atoms with van der Waals surface area (Å²) in [6, 6.07) is 3.95. The van der Waals surface area contributed by atoms with Gasteiger partial charge < -0.3 is 10.6 Å². The third-order valence-electron chi connectivity index (χ3n) is 3.63. The Balaban J connectivity index is 0.00000180. The molecule has 1 fully saturated rings. The SMILES string of the molecule is Cc1cccnc1C(=O)NC(C)C1CCCNC1.Cl.Cl. The molecule has 2 unspecified atom stereocenters. The summed E-state index contributed by atoms with van der Waals surface area (Å²) in [6.45, 7) is 6.07. The molecular weight excluding hydrogens is 297 g/mol. The van der Waals surface area contributed by atoms with Gasteiger partial charge in [-0.2, -0.15) is 0 Å². The van der Waals surface area contributed by atoms with Gasteiger partial charge in [-0.25, -0.2) is 0 Å². The molecular formula is C14H23Cl2N3O. The highest BCUT2D eigenvalue weighted by molar-refractivity contribution is 5.93. The second-order valence-corrected chi connectivity index (χ2v) is 5.04. The van der Waals surface area contributed by atoms with Crippen LogP contribution < -0.4 is 10.6 Å². The zero-order valence-corrected chi connectivity index (χ0v) is 13.5. The Kier molecular flexibility index (Phi) is 8.78. The predicted octanol–water partition coefficient (Wildman–Crippen LogP) is 2.35. The lowest BCUT2D eigenvalue weighted by molar-refractivity contribution is 0.0916. The first kappa shape index (κ1) is 19.2. The molecule has 2 heterocycles. The summed E-state index contributed by atoms with van der Waals surface area (Å²) in [7, 11) is 0. The second kappa shape index (κ2) is 9.16. The molecule has 6 heteroatoms. The number of hydrogen-bond donors (Lipinski definition) is 2. The maximum absolute atomic E-state index is 12.1. The van der Waals surface area contributed by atoms with E-state index in [1.54, 1.807) is 6.20 Å². The first-order chi connectivity index (χ1) is 8.68. The maximum Gasteiger partial charge on any atom is 0.270 e. The Bertz CT molecular complexity index is 423. The Hall–Kier alpha value is -0.840. The van der Waals surface area contributed by atoms with E-state index >= 15 is 0 Å². The number of carbonyl (C=O) groups is 1. The van der Waals surface area contributed by atoms with E-state index in [2.05, 4.69) is 22.5 Å². The van der Waals surface area contributed by atoms with Gasteiger partial charge in [-0.1, -0.05) is 6.07 Å². The van der Waals surface area contributed by atoms with Crippen LogP contribution in [0.1, 0.15) is 35.8 Å². The van der Waals surface area contributed by atoms with Crippen molar-refractivity contribution in [1.29, 1.82) is 0 Å². The van der Waals surface area contributed by atoms with Crippen LogP contribution >= 0.6 is 24.8 Å². The van der Waals surface area contributed by atoms with E-state index < -0.39 is 0 Å². The third-order valence-corrected chi connectivity index (χ3v) is 3.63. The Labute approximate surface area is 132 Å². The van der Waals surface area contributed by atoms with Gasteiger partial charge in [0.15, 0.2) is 0 Å². The molecule has 1 aromatic rings. The minimum atomic E-state index is -0.0637. The van der Waals surface area contributed by atoms with Crippen LogP contribution in [0, 0.1) is 12.8 Å². The lowest BCUT2D eigenvalue weighted by atomic mass is 9.92. The number of piperidine rings is 1. The first-order valence-corrected chi connectivity index (χ1v) is 6.61. The van der Waals surface area contributed by atoms with Crippen molar-refractivity contribution in [3.8, 4) is 0 Å². The summed E-state index contributed by atoms with van der Waals surface area (Å²) in [5.41, 5.74) is 1.46. The Morgan fingerprint density at radius 2 is 2.25 bits per heavy atom. The molecule has 0 aromatic carbocycles. The molecule has 0 aliphatic carbocycles. The Morgan fingerprint density at radius 1 is 1.50 bits per heavy atom. The highest BCUT2D eigenvalue weighted by Crippen LogP contribution is 2.14. The minimum absolute atomic E-state index is 0. The fraction of sp³-hybridized carbons (Fsp3) is 0.571. The number of halogens is 2. The number of aromatic nitrogens is 1. The number of hydrogen-bond acceptors (Lipinski definition) is 3. The smallest absolute Gasteiger partial charge is 0.270 e. The van der Waals surface area contributed by atoms with Crippen molar-refractivity contribution in [2.45, 2.75) is 32.7 Å². The fourth-order valence-corrected chi connectivity index (χ4v) is 2.42. The van der Waals surface area contributed by atoms with Gasteiger partial charge in [0.25, 0.3) is 5.91 Å². The average molecular weight is 320 g/mol. The van der Waals surface area contributed by atoms with Crippen molar-refractivity contribution in [3.63, 3.8) is 0 Å². The standard InChI is InChI=1S/C14H21N3O.2ClH/c1-10-5-3-8-16-13(10)14(18)17-11(2)12-6-4-7-15-9-12;;/h3,5,8,11-12,15H,4,6-7,9H2,1-2H3,(H,17,18);2*1H. The topological polar surface area (TPSA) is 54.0 Å². The number of carbonyl (C=O) groups excluding carboxylic acids is 1. The molecule has 2 N–H and O–H groups in total. The third kappa shape index (κ3) is 4.93. The second-order valence-electron chi connectivity index (χ2n) is 5.04. The fourth-order valence-electron chi connectivity index (χ4n) is 2.42. The van der Waals surface area contributed by atoms with Crippen LogP contribution in [0.2, 0.25) is 0 Å². The summed E-state index contributed by atoms with van der Waals surface area (Å²) in [6.07, 6.45) is 4.03. The maximum atomic E-state index is 12.1. The molecule has 1 aliphatic rings. The van der Waals surface area contributed by atoms with E-state index in [1.807, 2.05) is 19.1 Å². The molecule has 1 aliphatic heterocycles. The van der Waals surface area contributed by atoms with Gasteiger partial charge >= 0.3 is 0 Å². The van der Waals surface area contributed by atoms with Crippen molar-refractivity contribution in [2.24, 2.45) is 5.92 Å². The normalized spacial score (nSPS) is 19.2. The lowest BCUT2D eigenvalue weighted by Crippen LogP contribution is -2.44. The largest absolute Gasteiger partial charge is 0.348 e. The summed E-state index contributed by atoms with van der Waals surface area (Å²) in [4.78, 5) is 16.3. The molecule has 1 saturated heterocycles. The molecule has 114 valence electrons. The van der Waals surface area contributed by atoms with Crippen molar-refractivity contribution < 1.29 is 4.79 Å². The highest BCUT2D eigenvalue weighted by Gasteiger charge is 2.22. The van der Waals surface area contributed by atoms with Crippen LogP contribution in [0.25, 0.3) is 0 Å². The molecule has 0 saturated carbocycles. The van der Waals surface area contributed by atoms with Gasteiger partial charge in [-0.15, -0.1) is 24.8 Å². The van der Waals surface area contributed by atoms with Gasteiger partial charge in [0, 0.05) is 12.2 Å². The van der Waals surface area contributed by atoms with Gasteiger partial charge in [-0.3, -0.25) is 9.78 Å². The number of nitrogens with zero attached hydrogens (tertiary/aromatic N) is 1. The van der Waals surface area contributed by atoms with Gasteiger partial charge in [-0.05, 0) is 57.3 Å². The van der Waals surface area contributed by atoms with Crippen LogP contribution in [0.3, 0.4) is 0 Å². The first-order valence-electron chi connectivity index (χ1n) is 6.61. The van der Waals surface area contributed by atoms with Crippen LogP contribution in [0.15, 0.2) is 18.3 Å². The van der Waals surface area contributed by atoms with E-state index in [0.717, 1.165) is 18.7 Å². The number of rotatable bonds is 3. The molecule has 2 rings (SSSR count). The van der Waals surface area contributed by atoms with Crippen molar-refractivity contribution in [2.75, 3.05) is 13.1 Å². The van der Waals surface area contributed by atoms with Crippen LogP contribution in [-0.2, 0) is 0 Å². The zero-order valence-electron chi connectivity index (χ0n) is 11.9. The quantitative estimate of drug-likeness (QED) is 0.899. The minimum Gasteiger partial charge on any atom is -0.348 e. The lowest BCUT2D eigenvalue weighted by Gasteiger charge is -2.28. The molecule has 20 heavy (non-hydrogen) atoms. The average Bonchev–Trinajstić information content (AvgIpc) is 2.40. The summed E-state index contributed by atoms with van der Waals surface area (Å²) < 4.78 is 0. The van der Waals surface area contributed by atoms with Crippen LogP contribution in [0.4, 0.5) is 0 Å². The van der Waals surface area contributed by atoms with Gasteiger partial charge in [0.2, 0.25) is 0 Å². The Morgan fingerprint density at radius 3 is 2.85 bits per heavy atom. The number of aryl methyl sites for hydroxylation is 1. The van der Waals surface area contributed by atoms with Crippen molar-refractivity contribution in [3.05, 3.63) is 29.6 Å². The molecule has 0 bridgehead atoms. The van der Waals surface area contributed by atoms with E-state index in [0.29, 0.717) is 11.6 Å². The molecule has 0 radical (unpaired) electrons. The molecule has 4 nitrogen and oxygen atoms in total. The summed E-state index contributed by atoms with van der Waals surface area (Å²) >= 11 is 0. The summed E-state index contributed by atoms with van der Waals surface area (Å²) in [5.74, 6) is 0.456. The van der Waals surface area contributed by atoms with Crippen molar-refractivity contribution in [1.82, 2.24) is 15.6 Å². The van der Waals surface area contributed by atoms with E-state index in [9.17, 15) is 4.79 Å². The highest BCUT2D eigenvalue weighted by atomic mass is 35.5. The van der Waals surface area contributed by atoms with Crippen LogP contribution in [-0.4, -0.2) is 30.0 Å². The van der Waals surface area contributed by atoms with E-state index in [4.69, 9.17) is 0 Å². The molecule has 0 spiro atoms. The summed E-state index contributed by atoms with van der Waals surface area (Å²) in [5, 5.41) is 6.44. The van der Waals surface area contributed by atoms with E-state index in [1.165, 1.54) is 12.8 Å². The van der Waals surface area contributed by atoms with E-state index in [-0.39, 0.29) is 36.8 Å². The predicted molar refractivity (Wildman–Crippen MR) is 86.0 cm³/mol. The molecule has 2 atom stereocenters. The number of amides is 1. The molecule has 1 amide bonds. The van der Waals surface area contributed by atoms with Crippen LogP contribution in [0.5, 0.6) is 0 Å². The number of pyridine rings is 1. The monoisotopic (exact) mass is 319 g/mol. The van der Waals surface area contributed by atoms with Gasteiger partial charge in [0.1, 0.15) is 5.69 Å². The zero-order chi connectivity index (χ0) is 13.0. The van der Waals surface area contributed by atoms with Gasteiger partial charge in [0.05, 0.1) is 0 Å². The van der Waals surface area contributed by atoms with Crippen molar-refractivity contribution >= 4 is 30.7 Å². The number of nitrogens with one attached hydrogen (secondary N) is 2. The molecule has 1 aromatic heterocycles.